The van der Waals surface area contributed by atoms with E-state index in [9.17, 15) is 8.42 Å². The molecule has 0 radical (unpaired) electrons. The zero-order valence-corrected chi connectivity index (χ0v) is 13.4. The van der Waals surface area contributed by atoms with E-state index >= 15 is 0 Å². The third kappa shape index (κ3) is 3.37. The van der Waals surface area contributed by atoms with Crippen LogP contribution in [-0.2, 0) is 10.0 Å². The highest BCUT2D eigenvalue weighted by Crippen LogP contribution is 2.33. The Hall–Kier alpha value is -0.000000000000000111. The summed E-state index contributed by atoms with van der Waals surface area (Å²) in [6.45, 7) is 0.478. The highest BCUT2D eigenvalue weighted by molar-refractivity contribution is 7.89. The first-order chi connectivity index (χ1) is 8.80. The summed E-state index contributed by atoms with van der Waals surface area (Å²) in [7, 11) is -1.95. The van der Waals surface area contributed by atoms with Gasteiger partial charge in [-0.15, -0.1) is 11.6 Å². The highest BCUT2D eigenvalue weighted by atomic mass is 35.5. The summed E-state index contributed by atoms with van der Waals surface area (Å²) in [5.41, 5.74) is 0. The van der Waals surface area contributed by atoms with Crippen molar-refractivity contribution in [3.8, 4) is 0 Å². The van der Waals surface area contributed by atoms with Crippen LogP contribution >= 0.6 is 34.8 Å². The van der Waals surface area contributed by atoms with E-state index in [-0.39, 0.29) is 15.3 Å². The second-order valence-corrected chi connectivity index (χ2v) is 8.27. The highest BCUT2D eigenvalue weighted by Gasteiger charge is 2.31. The first kappa shape index (κ1) is 15.4. The molecule has 3 nitrogen and oxygen atoms in total. The van der Waals surface area contributed by atoms with Gasteiger partial charge in [-0.25, -0.2) is 12.7 Å². The van der Waals surface area contributed by atoms with Crippen LogP contribution in [0.3, 0.4) is 0 Å². The number of halogens is 3. The van der Waals surface area contributed by atoms with E-state index in [1.807, 2.05) is 0 Å². The van der Waals surface area contributed by atoms with Crippen LogP contribution in [0.5, 0.6) is 0 Å². The number of nitrogens with zero attached hydrogens (tertiary/aromatic N) is 1. The molecule has 0 spiro atoms. The average molecular weight is 343 g/mol. The normalized spacial score (nSPS) is 23.4. The Bertz CT molecular complexity index is 570. The van der Waals surface area contributed by atoms with Crippen molar-refractivity contribution in [1.29, 1.82) is 0 Å². The maximum atomic E-state index is 12.3. The number of rotatable bonds is 4. The molecule has 2 rings (SSSR count). The van der Waals surface area contributed by atoms with Crippen LogP contribution in [0.4, 0.5) is 0 Å². The van der Waals surface area contributed by atoms with Crippen molar-refractivity contribution in [2.24, 2.45) is 5.92 Å². The molecule has 1 aromatic carbocycles. The predicted molar refractivity (Wildman–Crippen MR) is 78.6 cm³/mol. The summed E-state index contributed by atoms with van der Waals surface area (Å²) < 4.78 is 26.0. The third-order valence-electron chi connectivity index (χ3n) is 3.29. The van der Waals surface area contributed by atoms with Gasteiger partial charge in [-0.3, -0.25) is 0 Å². The molecule has 0 heterocycles. The lowest BCUT2D eigenvalue weighted by molar-refractivity contribution is 0.268. The van der Waals surface area contributed by atoms with Gasteiger partial charge >= 0.3 is 0 Å². The number of hydrogen-bond acceptors (Lipinski definition) is 2. The van der Waals surface area contributed by atoms with E-state index in [0.717, 1.165) is 12.8 Å². The number of alkyl halides is 1. The molecule has 0 N–H and O–H groups in total. The van der Waals surface area contributed by atoms with Crippen LogP contribution in [0, 0.1) is 5.92 Å². The van der Waals surface area contributed by atoms with Gasteiger partial charge in [0.15, 0.2) is 0 Å². The zero-order valence-electron chi connectivity index (χ0n) is 10.3. The first-order valence-electron chi connectivity index (χ1n) is 5.86. The molecule has 1 saturated carbocycles. The predicted octanol–water partition coefficient (Wildman–Crippen LogP) is 3.63. The summed E-state index contributed by atoms with van der Waals surface area (Å²) in [5.74, 6) is 0.338. The van der Waals surface area contributed by atoms with E-state index < -0.39 is 10.0 Å². The van der Waals surface area contributed by atoms with Crippen LogP contribution in [-0.4, -0.2) is 31.7 Å². The van der Waals surface area contributed by atoms with Crippen molar-refractivity contribution in [1.82, 2.24) is 4.31 Å². The molecule has 0 atom stereocenters. The van der Waals surface area contributed by atoms with Gasteiger partial charge in [0, 0.05) is 19.0 Å². The average Bonchev–Trinajstić information content (AvgIpc) is 2.30. The fourth-order valence-electron chi connectivity index (χ4n) is 2.08. The topological polar surface area (TPSA) is 37.4 Å². The molecule has 106 valence electrons. The Balaban J connectivity index is 2.14. The third-order valence-corrected chi connectivity index (χ3v) is 6.21. The van der Waals surface area contributed by atoms with Crippen molar-refractivity contribution in [3.63, 3.8) is 0 Å². The molecule has 1 aromatic rings. The minimum atomic E-state index is -3.52. The first-order valence-corrected chi connectivity index (χ1v) is 8.49. The molecule has 19 heavy (non-hydrogen) atoms. The molecule has 7 heteroatoms. The molecule has 0 unspecified atom stereocenters. The van der Waals surface area contributed by atoms with Gasteiger partial charge in [-0.2, -0.15) is 0 Å². The minimum Gasteiger partial charge on any atom is -0.207 e. The lowest BCUT2D eigenvalue weighted by Crippen LogP contribution is -2.37. The fourth-order valence-corrected chi connectivity index (χ4v) is 4.22. The number of hydrogen-bond donors (Lipinski definition) is 0. The molecular weight excluding hydrogens is 329 g/mol. The van der Waals surface area contributed by atoms with Gasteiger partial charge in [0.2, 0.25) is 10.0 Å². The number of benzene rings is 1. The lowest BCUT2D eigenvalue weighted by atomic mass is 9.85. The van der Waals surface area contributed by atoms with Gasteiger partial charge in [-0.1, -0.05) is 23.2 Å². The Morgan fingerprint density at radius 3 is 2.42 bits per heavy atom. The lowest BCUT2D eigenvalue weighted by Gasteiger charge is -2.33. The zero-order chi connectivity index (χ0) is 14.2. The summed E-state index contributed by atoms with van der Waals surface area (Å²) in [5, 5.41) is 0.763. The molecule has 0 bridgehead atoms. The van der Waals surface area contributed by atoms with Gasteiger partial charge < -0.3 is 0 Å². The maximum Gasteiger partial charge on any atom is 0.242 e. The SMILES string of the molecule is CN(CC1CC(Cl)C1)S(=O)(=O)c1ccc(Cl)c(Cl)c1. The fraction of sp³-hybridized carbons (Fsp3) is 0.500. The van der Waals surface area contributed by atoms with Crippen LogP contribution in [0.2, 0.25) is 10.0 Å². The molecule has 1 aliphatic carbocycles. The van der Waals surface area contributed by atoms with Crippen molar-refractivity contribution in [3.05, 3.63) is 28.2 Å². The Kier molecular flexibility index (Phi) is 4.68. The van der Waals surface area contributed by atoms with E-state index in [2.05, 4.69) is 0 Å². The minimum absolute atomic E-state index is 0.158. The van der Waals surface area contributed by atoms with Crippen molar-refractivity contribution in [2.45, 2.75) is 23.1 Å². The maximum absolute atomic E-state index is 12.3. The van der Waals surface area contributed by atoms with Crippen LogP contribution in [0.15, 0.2) is 23.1 Å². The summed E-state index contributed by atoms with van der Waals surface area (Å²) >= 11 is 17.5. The molecular formula is C12H14Cl3NO2S. The Labute approximate surface area is 128 Å². The van der Waals surface area contributed by atoms with E-state index in [1.54, 1.807) is 7.05 Å². The van der Waals surface area contributed by atoms with Crippen molar-refractivity contribution < 1.29 is 8.42 Å². The summed E-state index contributed by atoms with van der Waals surface area (Å²) in [6, 6.07) is 4.33. The molecule has 0 saturated heterocycles. The second kappa shape index (κ2) is 5.78. The molecule has 1 aliphatic rings. The summed E-state index contributed by atoms with van der Waals surface area (Å²) in [6.07, 6.45) is 1.73. The monoisotopic (exact) mass is 341 g/mol. The van der Waals surface area contributed by atoms with Crippen molar-refractivity contribution >= 4 is 44.8 Å². The molecule has 1 fully saturated rings. The quantitative estimate of drug-likeness (QED) is 0.784. The van der Waals surface area contributed by atoms with Crippen LogP contribution in [0.25, 0.3) is 0 Å². The van der Waals surface area contributed by atoms with Gasteiger partial charge in [-0.05, 0) is 37.0 Å². The molecule has 0 amide bonds. The van der Waals surface area contributed by atoms with Gasteiger partial charge in [0.1, 0.15) is 0 Å². The summed E-state index contributed by atoms with van der Waals surface area (Å²) in [4.78, 5) is 0.158. The Morgan fingerprint density at radius 2 is 1.89 bits per heavy atom. The smallest absolute Gasteiger partial charge is 0.207 e. The largest absolute Gasteiger partial charge is 0.242 e. The van der Waals surface area contributed by atoms with E-state index in [4.69, 9.17) is 34.8 Å². The van der Waals surface area contributed by atoms with Gasteiger partial charge in [0.25, 0.3) is 0 Å². The standard InChI is InChI=1S/C12H14Cl3NO2S/c1-16(7-8-4-9(13)5-8)19(17,18)10-2-3-11(14)12(15)6-10/h2-3,6,8-9H,4-5,7H2,1H3. The van der Waals surface area contributed by atoms with E-state index in [1.165, 1.54) is 22.5 Å². The van der Waals surface area contributed by atoms with Gasteiger partial charge in [0.05, 0.1) is 14.9 Å². The molecule has 0 aliphatic heterocycles. The molecule has 0 aromatic heterocycles. The Morgan fingerprint density at radius 1 is 1.26 bits per heavy atom. The van der Waals surface area contributed by atoms with Crippen molar-refractivity contribution in [2.75, 3.05) is 13.6 Å². The van der Waals surface area contributed by atoms with Crippen LogP contribution in [0.1, 0.15) is 12.8 Å². The second-order valence-electron chi connectivity index (χ2n) is 4.80. The van der Waals surface area contributed by atoms with E-state index in [0.29, 0.717) is 17.5 Å². The van der Waals surface area contributed by atoms with Crippen LogP contribution < -0.4 is 0 Å². The number of sulfonamides is 1.